The molecule has 0 bridgehead atoms. The minimum Gasteiger partial charge on any atom is -0.438 e. The van der Waals surface area contributed by atoms with Crippen molar-refractivity contribution in [3.63, 3.8) is 0 Å². The summed E-state index contributed by atoms with van der Waals surface area (Å²) in [7, 11) is -1.29. The standard InChI is InChI=1S/C5H6BO2.C5H5.Fe/c7-6(8)5-3-1-2-4-5;1-2-4-5-3-1;/h1,4,7-8H,3H2;1-2,5H,3H2;/q2*-1;+2. The smallest absolute Gasteiger partial charge is 0.438 e. The second-order valence-corrected chi connectivity index (χ2v) is 2.68. The van der Waals surface area contributed by atoms with Crippen molar-refractivity contribution >= 4 is 7.12 Å². The van der Waals surface area contributed by atoms with Gasteiger partial charge in [-0.05, 0) is 0 Å². The number of rotatable bonds is 1. The fraction of sp³-hybridized carbons (Fsp3) is 0.200. The minimum absolute atomic E-state index is 0. The first-order valence-corrected chi connectivity index (χ1v) is 4.16. The van der Waals surface area contributed by atoms with Crippen LogP contribution in [0.15, 0.2) is 35.9 Å². The third-order valence-corrected chi connectivity index (χ3v) is 1.64. The van der Waals surface area contributed by atoms with E-state index < -0.39 is 7.12 Å². The summed E-state index contributed by atoms with van der Waals surface area (Å²) < 4.78 is 0. The molecule has 2 N–H and O–H groups in total. The van der Waals surface area contributed by atoms with E-state index in [0.29, 0.717) is 11.9 Å². The molecule has 0 unspecified atom stereocenters. The van der Waals surface area contributed by atoms with Gasteiger partial charge in [0.2, 0.25) is 0 Å². The van der Waals surface area contributed by atoms with Crippen molar-refractivity contribution in [3.05, 3.63) is 48.0 Å². The number of hydrogen-bond acceptors (Lipinski definition) is 2. The van der Waals surface area contributed by atoms with E-state index in [1.165, 1.54) is 0 Å². The third kappa shape index (κ3) is 5.25. The molecule has 0 radical (unpaired) electrons. The summed E-state index contributed by atoms with van der Waals surface area (Å²) in [6, 6.07) is 0. The van der Waals surface area contributed by atoms with Gasteiger partial charge >= 0.3 is 24.2 Å². The van der Waals surface area contributed by atoms with Gasteiger partial charge in [-0.3, -0.25) is 12.2 Å². The maximum Gasteiger partial charge on any atom is 2.00 e. The van der Waals surface area contributed by atoms with Crippen molar-refractivity contribution in [2.45, 2.75) is 12.8 Å². The summed E-state index contributed by atoms with van der Waals surface area (Å²) in [6.07, 6.45) is 16.7. The summed E-state index contributed by atoms with van der Waals surface area (Å²) in [5, 5.41) is 17.0. The summed E-state index contributed by atoms with van der Waals surface area (Å²) in [5.74, 6) is 0. The third-order valence-electron chi connectivity index (χ3n) is 1.64. The Morgan fingerprint density at radius 3 is 2.21 bits per heavy atom. The van der Waals surface area contributed by atoms with Crippen LogP contribution in [0.3, 0.4) is 0 Å². The molecule has 2 aliphatic rings. The van der Waals surface area contributed by atoms with Crippen LogP contribution < -0.4 is 0 Å². The van der Waals surface area contributed by atoms with Crippen molar-refractivity contribution in [1.82, 2.24) is 0 Å². The average molecular weight is 230 g/mol. The van der Waals surface area contributed by atoms with Crippen molar-refractivity contribution in [1.29, 1.82) is 0 Å². The monoisotopic (exact) mass is 230 g/mol. The van der Waals surface area contributed by atoms with Crippen LogP contribution in [-0.4, -0.2) is 17.2 Å². The van der Waals surface area contributed by atoms with Gasteiger partial charge in [0.15, 0.2) is 0 Å². The quantitative estimate of drug-likeness (QED) is 0.520. The van der Waals surface area contributed by atoms with Crippen LogP contribution >= 0.6 is 0 Å². The topological polar surface area (TPSA) is 40.5 Å². The van der Waals surface area contributed by atoms with Crippen molar-refractivity contribution in [2.24, 2.45) is 0 Å². The summed E-state index contributed by atoms with van der Waals surface area (Å²) in [6.45, 7) is 0. The van der Waals surface area contributed by atoms with Gasteiger partial charge in [0.1, 0.15) is 0 Å². The zero-order valence-electron chi connectivity index (χ0n) is 7.63. The zero-order valence-corrected chi connectivity index (χ0v) is 8.73. The zero-order chi connectivity index (χ0) is 9.52. The van der Waals surface area contributed by atoms with Gasteiger partial charge < -0.3 is 10.0 Å². The molecule has 0 aliphatic heterocycles. The van der Waals surface area contributed by atoms with Crippen LogP contribution in [0.1, 0.15) is 12.8 Å². The van der Waals surface area contributed by atoms with Crippen molar-refractivity contribution < 1.29 is 27.1 Å². The predicted molar refractivity (Wildman–Crippen MR) is 52.3 cm³/mol. The molecule has 2 aliphatic carbocycles. The average Bonchev–Trinajstić information content (AvgIpc) is 2.82. The Morgan fingerprint density at radius 2 is 2.00 bits per heavy atom. The van der Waals surface area contributed by atoms with Crippen LogP contribution in [0.25, 0.3) is 0 Å². The summed E-state index contributed by atoms with van der Waals surface area (Å²) in [5.41, 5.74) is 0.616. The molecule has 0 saturated heterocycles. The van der Waals surface area contributed by atoms with Gasteiger partial charge in [-0.15, -0.1) is 6.42 Å². The van der Waals surface area contributed by atoms with E-state index in [9.17, 15) is 0 Å². The van der Waals surface area contributed by atoms with Gasteiger partial charge in [-0.1, -0.05) is 6.42 Å². The Balaban J connectivity index is 0.000000246. The molecule has 2 rings (SSSR count). The molecule has 0 aromatic heterocycles. The van der Waals surface area contributed by atoms with E-state index in [1.54, 1.807) is 12.2 Å². The molecule has 0 aromatic rings. The molecule has 0 atom stereocenters. The molecule has 0 heterocycles. The van der Waals surface area contributed by atoms with Crippen LogP contribution in [0.2, 0.25) is 0 Å². The molecule has 0 aromatic carbocycles. The number of allylic oxidation sites excluding steroid dienone is 8. The second-order valence-electron chi connectivity index (χ2n) is 2.68. The van der Waals surface area contributed by atoms with E-state index in [2.05, 4.69) is 18.2 Å². The molecule has 0 saturated carbocycles. The molecular formula is C10H11BFeO2. The maximum atomic E-state index is 8.48. The van der Waals surface area contributed by atoms with E-state index in [-0.39, 0.29) is 17.1 Å². The van der Waals surface area contributed by atoms with Crippen LogP contribution in [-0.2, 0) is 17.1 Å². The Hall–Kier alpha value is -0.536. The van der Waals surface area contributed by atoms with Gasteiger partial charge in [-0.25, -0.2) is 18.2 Å². The van der Waals surface area contributed by atoms with Crippen LogP contribution in [0.5, 0.6) is 0 Å². The molecule has 2 nitrogen and oxygen atoms in total. The Kier molecular flexibility index (Phi) is 7.53. The first-order chi connectivity index (χ1) is 6.30. The SMILES string of the molecule is OB(O)C1=C[C-]=CC1.[C-]1=CCC=C1.[Fe+2]. The van der Waals surface area contributed by atoms with Crippen LogP contribution in [0, 0.1) is 12.2 Å². The molecule has 14 heavy (non-hydrogen) atoms. The van der Waals surface area contributed by atoms with Gasteiger partial charge in [0.25, 0.3) is 0 Å². The largest absolute Gasteiger partial charge is 2.00 e. The van der Waals surface area contributed by atoms with E-state index >= 15 is 0 Å². The normalized spacial score (nSPS) is 15.7. The molecule has 0 amide bonds. The van der Waals surface area contributed by atoms with Crippen molar-refractivity contribution in [2.75, 3.05) is 0 Å². The number of hydrogen-bond donors (Lipinski definition) is 2. The first-order valence-electron chi connectivity index (χ1n) is 4.16. The van der Waals surface area contributed by atoms with E-state index in [1.807, 2.05) is 12.2 Å². The first kappa shape index (κ1) is 13.5. The van der Waals surface area contributed by atoms with Gasteiger partial charge in [-0.2, -0.15) is 17.6 Å². The van der Waals surface area contributed by atoms with E-state index in [0.717, 1.165) is 6.42 Å². The fourth-order valence-corrected chi connectivity index (χ4v) is 0.922. The Labute approximate surface area is 95.3 Å². The predicted octanol–water partition coefficient (Wildman–Crippen LogP) is 0.991. The maximum absolute atomic E-state index is 8.48. The molecule has 0 spiro atoms. The van der Waals surface area contributed by atoms with Crippen LogP contribution in [0.4, 0.5) is 0 Å². The van der Waals surface area contributed by atoms with Crippen molar-refractivity contribution in [3.8, 4) is 0 Å². The Bertz CT molecular complexity index is 257. The fourth-order valence-electron chi connectivity index (χ4n) is 0.922. The molecule has 0 fully saturated rings. The van der Waals surface area contributed by atoms with Gasteiger partial charge in [0.05, 0.1) is 0 Å². The second kappa shape index (κ2) is 7.83. The molecular weight excluding hydrogens is 219 g/mol. The molecule has 74 valence electrons. The summed E-state index contributed by atoms with van der Waals surface area (Å²) >= 11 is 0. The van der Waals surface area contributed by atoms with E-state index in [4.69, 9.17) is 10.0 Å². The summed E-state index contributed by atoms with van der Waals surface area (Å²) in [4.78, 5) is 0. The minimum atomic E-state index is -1.29. The van der Waals surface area contributed by atoms with Gasteiger partial charge in [0, 0.05) is 0 Å². The Morgan fingerprint density at radius 1 is 1.21 bits per heavy atom. The molecule has 4 heteroatoms.